The summed E-state index contributed by atoms with van der Waals surface area (Å²) in [6, 6.07) is 4.95. The van der Waals surface area contributed by atoms with Crippen molar-refractivity contribution < 1.29 is 8.94 Å². The van der Waals surface area contributed by atoms with Gasteiger partial charge in [-0.2, -0.15) is 0 Å². The zero-order valence-corrected chi connectivity index (χ0v) is 13.8. The molecule has 0 fully saturated rings. The van der Waals surface area contributed by atoms with Crippen LogP contribution in [0.3, 0.4) is 0 Å². The summed E-state index contributed by atoms with van der Waals surface area (Å²) in [5.41, 5.74) is -1.87. The summed E-state index contributed by atoms with van der Waals surface area (Å²) in [6.07, 6.45) is 4.29. The van der Waals surface area contributed by atoms with Gasteiger partial charge in [-0.15, -0.1) is 13.2 Å². The van der Waals surface area contributed by atoms with E-state index in [2.05, 4.69) is 18.3 Å². The molecule has 0 saturated carbocycles. The van der Waals surface area contributed by atoms with Gasteiger partial charge < -0.3 is 8.94 Å². The average Bonchev–Trinajstić information content (AvgIpc) is 3.30. The molecule has 134 valence electrons. The van der Waals surface area contributed by atoms with E-state index in [9.17, 15) is 14.4 Å². The maximum atomic E-state index is 12.6. The van der Waals surface area contributed by atoms with E-state index in [-0.39, 0.29) is 19.6 Å². The largest absolute Gasteiger partial charge is 0.461 e. The highest BCUT2D eigenvalue weighted by molar-refractivity contribution is 5.49. The second-order valence-corrected chi connectivity index (χ2v) is 5.39. The van der Waals surface area contributed by atoms with Gasteiger partial charge in [-0.1, -0.05) is 17.3 Å². The van der Waals surface area contributed by atoms with Crippen LogP contribution < -0.4 is 17.1 Å². The quantitative estimate of drug-likeness (QED) is 0.581. The van der Waals surface area contributed by atoms with Gasteiger partial charge in [-0.3, -0.25) is 0 Å². The lowest BCUT2D eigenvalue weighted by Crippen LogP contribution is -2.54. The molecule has 3 aromatic rings. The van der Waals surface area contributed by atoms with E-state index < -0.39 is 17.1 Å². The standard InChI is InChI=1S/C17H16N4O5/c1-3-7-19-15(22)20(8-4-2)17(24)21(16(19)23)11-12-10-14(26-18-12)13-6-5-9-25-13/h3-6,9-10H,1-2,7-8,11H2. The topological polar surface area (TPSA) is 105 Å². The zero-order valence-electron chi connectivity index (χ0n) is 13.8. The van der Waals surface area contributed by atoms with Crippen molar-refractivity contribution in [3.63, 3.8) is 0 Å². The summed E-state index contributed by atoms with van der Waals surface area (Å²) in [4.78, 5) is 37.4. The smallest absolute Gasteiger partial charge is 0.336 e. The Morgan fingerprint density at radius 2 is 1.58 bits per heavy atom. The Bertz CT molecular complexity index is 1060. The van der Waals surface area contributed by atoms with Gasteiger partial charge >= 0.3 is 17.1 Å². The predicted octanol–water partition coefficient (Wildman–Crippen LogP) is 0.840. The van der Waals surface area contributed by atoms with Gasteiger partial charge in [0.1, 0.15) is 5.69 Å². The van der Waals surface area contributed by atoms with Crippen LogP contribution >= 0.6 is 0 Å². The summed E-state index contributed by atoms with van der Waals surface area (Å²) in [5.74, 6) is 0.834. The molecule has 3 rings (SSSR count). The minimum atomic E-state index is -0.747. The van der Waals surface area contributed by atoms with Gasteiger partial charge in [0.05, 0.1) is 25.9 Å². The highest BCUT2D eigenvalue weighted by atomic mass is 16.5. The van der Waals surface area contributed by atoms with Crippen molar-refractivity contribution in [2.45, 2.75) is 19.6 Å². The van der Waals surface area contributed by atoms with Crippen molar-refractivity contribution >= 4 is 0 Å². The summed E-state index contributed by atoms with van der Waals surface area (Å²) in [7, 11) is 0. The van der Waals surface area contributed by atoms with Gasteiger partial charge in [0, 0.05) is 6.07 Å². The fourth-order valence-corrected chi connectivity index (χ4v) is 2.47. The zero-order chi connectivity index (χ0) is 18.7. The van der Waals surface area contributed by atoms with Crippen molar-refractivity contribution in [3.8, 4) is 11.5 Å². The average molecular weight is 356 g/mol. The molecule has 9 heteroatoms. The van der Waals surface area contributed by atoms with Crippen LogP contribution in [0.4, 0.5) is 0 Å². The van der Waals surface area contributed by atoms with E-state index in [1.807, 2.05) is 0 Å². The van der Waals surface area contributed by atoms with Crippen molar-refractivity contribution in [1.29, 1.82) is 0 Å². The van der Waals surface area contributed by atoms with E-state index in [0.717, 1.165) is 13.7 Å². The first-order chi connectivity index (χ1) is 12.6. The number of rotatable bonds is 7. The first kappa shape index (κ1) is 17.2. The molecule has 0 radical (unpaired) electrons. The summed E-state index contributed by atoms with van der Waals surface area (Å²) >= 11 is 0. The van der Waals surface area contributed by atoms with Gasteiger partial charge in [0.25, 0.3) is 0 Å². The third-order valence-electron chi connectivity index (χ3n) is 3.65. The lowest BCUT2D eigenvalue weighted by molar-refractivity contribution is 0.404. The van der Waals surface area contributed by atoms with Crippen molar-refractivity contribution in [2.24, 2.45) is 0 Å². The van der Waals surface area contributed by atoms with Gasteiger partial charge in [-0.05, 0) is 12.1 Å². The van der Waals surface area contributed by atoms with Gasteiger partial charge in [0.2, 0.25) is 5.76 Å². The van der Waals surface area contributed by atoms with Crippen LogP contribution in [-0.2, 0) is 19.6 Å². The first-order valence-corrected chi connectivity index (χ1v) is 7.72. The molecule has 0 spiro atoms. The summed E-state index contributed by atoms with van der Waals surface area (Å²) in [6.45, 7) is 6.86. The Morgan fingerprint density at radius 3 is 2.12 bits per heavy atom. The van der Waals surface area contributed by atoms with Crippen LogP contribution in [0.15, 0.2) is 73.1 Å². The molecule has 3 aromatic heterocycles. The van der Waals surface area contributed by atoms with Crippen LogP contribution in [0.25, 0.3) is 11.5 Å². The molecule has 9 nitrogen and oxygen atoms in total. The molecule has 0 saturated heterocycles. The molecule has 0 aliphatic carbocycles. The summed E-state index contributed by atoms with van der Waals surface area (Å²) in [5, 5.41) is 3.85. The highest BCUT2D eigenvalue weighted by Gasteiger charge is 2.16. The van der Waals surface area contributed by atoms with Crippen LogP contribution in [0.2, 0.25) is 0 Å². The van der Waals surface area contributed by atoms with Gasteiger partial charge in [-0.25, -0.2) is 28.1 Å². The second kappa shape index (κ2) is 7.09. The second-order valence-electron chi connectivity index (χ2n) is 5.39. The van der Waals surface area contributed by atoms with Crippen LogP contribution in [-0.4, -0.2) is 18.9 Å². The molecular weight excluding hydrogens is 340 g/mol. The Hall–Kier alpha value is -3.62. The number of allylic oxidation sites excluding steroid dienone is 2. The fraction of sp³-hybridized carbons (Fsp3) is 0.176. The number of hydrogen-bond acceptors (Lipinski definition) is 6. The van der Waals surface area contributed by atoms with Crippen molar-refractivity contribution in [2.75, 3.05) is 0 Å². The van der Waals surface area contributed by atoms with Gasteiger partial charge in [0.15, 0.2) is 5.76 Å². The minimum Gasteiger partial charge on any atom is -0.461 e. The fourth-order valence-electron chi connectivity index (χ4n) is 2.47. The lowest BCUT2D eigenvalue weighted by Gasteiger charge is -2.10. The SMILES string of the molecule is C=CCn1c(=O)n(CC=C)c(=O)n(Cc2cc(-c3ccco3)on2)c1=O. The maximum Gasteiger partial charge on any atom is 0.336 e. The maximum absolute atomic E-state index is 12.6. The minimum absolute atomic E-state index is 0.0223. The Balaban J connectivity index is 2.08. The van der Waals surface area contributed by atoms with E-state index in [4.69, 9.17) is 8.94 Å². The third-order valence-corrected chi connectivity index (χ3v) is 3.65. The van der Waals surface area contributed by atoms with E-state index >= 15 is 0 Å². The summed E-state index contributed by atoms with van der Waals surface area (Å²) < 4.78 is 13.1. The van der Waals surface area contributed by atoms with Crippen molar-refractivity contribution in [3.05, 3.63) is 86.9 Å². The molecule has 0 aliphatic heterocycles. The third kappa shape index (κ3) is 3.02. The number of nitrogens with zero attached hydrogens (tertiary/aromatic N) is 4. The highest BCUT2D eigenvalue weighted by Crippen LogP contribution is 2.20. The number of furan rings is 1. The molecule has 26 heavy (non-hydrogen) atoms. The molecule has 0 bridgehead atoms. The first-order valence-electron chi connectivity index (χ1n) is 7.72. The van der Waals surface area contributed by atoms with Crippen LogP contribution in [0, 0.1) is 0 Å². The molecule has 3 heterocycles. The molecule has 0 aromatic carbocycles. The predicted molar refractivity (Wildman–Crippen MR) is 92.9 cm³/mol. The van der Waals surface area contributed by atoms with Crippen molar-refractivity contribution in [1.82, 2.24) is 18.9 Å². The molecular formula is C17H16N4O5. The Labute approximate surface area is 146 Å². The van der Waals surface area contributed by atoms with E-state index in [1.165, 1.54) is 18.4 Å². The molecule has 0 amide bonds. The van der Waals surface area contributed by atoms with Crippen LogP contribution in [0.5, 0.6) is 0 Å². The Kier molecular flexibility index (Phi) is 4.70. The normalized spacial score (nSPS) is 10.8. The Morgan fingerprint density at radius 1 is 0.962 bits per heavy atom. The molecule has 0 atom stereocenters. The lowest BCUT2D eigenvalue weighted by atomic mass is 10.3. The number of hydrogen-bond donors (Lipinski definition) is 0. The number of aromatic nitrogens is 4. The monoisotopic (exact) mass is 356 g/mol. The molecule has 0 unspecified atom stereocenters. The molecule has 0 aliphatic rings. The molecule has 0 N–H and O–H groups in total. The van der Waals surface area contributed by atoms with Crippen LogP contribution in [0.1, 0.15) is 5.69 Å². The van der Waals surface area contributed by atoms with E-state index in [1.54, 1.807) is 18.2 Å². The van der Waals surface area contributed by atoms with E-state index in [0.29, 0.717) is 17.2 Å².